The maximum absolute atomic E-state index is 13.1. The molecule has 0 spiro atoms. The van der Waals surface area contributed by atoms with Gasteiger partial charge < -0.3 is 18.7 Å². The smallest absolute Gasteiger partial charge is 0.227 e. The first kappa shape index (κ1) is 24.2. The zero-order valence-corrected chi connectivity index (χ0v) is 21.8. The molecule has 0 N–H and O–H groups in total. The molecule has 2 atom stereocenters. The number of nitrogens with zero attached hydrogens (tertiary/aromatic N) is 5. The van der Waals surface area contributed by atoms with Crippen LogP contribution in [-0.2, 0) is 16.1 Å². The molecule has 2 saturated heterocycles. The summed E-state index contributed by atoms with van der Waals surface area (Å²) in [6.07, 6.45) is 3.33. The lowest BCUT2D eigenvalue weighted by Gasteiger charge is -2.33. The van der Waals surface area contributed by atoms with Gasteiger partial charge in [0.25, 0.3) is 0 Å². The summed E-state index contributed by atoms with van der Waals surface area (Å²) in [5, 5.41) is 5.72. The van der Waals surface area contributed by atoms with Gasteiger partial charge in [0, 0.05) is 60.0 Å². The molecule has 8 nitrogen and oxygen atoms in total. The fraction of sp³-hybridized carbons (Fsp3) is 0.393. The SMILES string of the molecule is Cc1noc2ccc(-c3cn(C[C@H](C)N4CCOCC4)c([C@@H]4CCC(=O)N4c4ccc(Cl)cc4)n3)cc12. The first-order valence-corrected chi connectivity index (χ1v) is 13.2. The van der Waals surface area contributed by atoms with Crippen LogP contribution in [0.2, 0.25) is 5.02 Å². The number of carbonyl (C=O) groups excluding carboxylic acids is 1. The molecule has 0 bridgehead atoms. The highest BCUT2D eigenvalue weighted by Gasteiger charge is 2.37. The summed E-state index contributed by atoms with van der Waals surface area (Å²) in [5.41, 5.74) is 4.34. The molecule has 37 heavy (non-hydrogen) atoms. The minimum absolute atomic E-state index is 0.103. The van der Waals surface area contributed by atoms with Gasteiger partial charge in [-0.1, -0.05) is 16.8 Å². The van der Waals surface area contributed by atoms with E-state index < -0.39 is 0 Å². The number of benzene rings is 2. The number of aryl methyl sites for hydroxylation is 1. The van der Waals surface area contributed by atoms with Crippen LogP contribution in [0.15, 0.2) is 53.2 Å². The van der Waals surface area contributed by atoms with E-state index in [4.69, 9.17) is 25.8 Å². The third-order valence-corrected chi connectivity index (χ3v) is 7.75. The number of imidazole rings is 1. The summed E-state index contributed by atoms with van der Waals surface area (Å²) >= 11 is 6.14. The van der Waals surface area contributed by atoms with Crippen LogP contribution in [0.1, 0.15) is 37.3 Å². The van der Waals surface area contributed by atoms with Gasteiger partial charge >= 0.3 is 0 Å². The number of fused-ring (bicyclic) bond motifs is 1. The van der Waals surface area contributed by atoms with E-state index in [1.807, 2.05) is 48.2 Å². The number of morpholine rings is 1. The maximum Gasteiger partial charge on any atom is 0.227 e. The van der Waals surface area contributed by atoms with Gasteiger partial charge in [-0.2, -0.15) is 0 Å². The molecule has 0 unspecified atom stereocenters. The maximum atomic E-state index is 13.1. The van der Waals surface area contributed by atoms with Crippen molar-refractivity contribution in [3.8, 4) is 11.3 Å². The van der Waals surface area contributed by atoms with Gasteiger partial charge in [-0.3, -0.25) is 9.69 Å². The summed E-state index contributed by atoms with van der Waals surface area (Å²) in [7, 11) is 0. The molecule has 192 valence electrons. The van der Waals surface area contributed by atoms with Gasteiger partial charge in [0.05, 0.1) is 30.6 Å². The lowest BCUT2D eigenvalue weighted by Crippen LogP contribution is -2.44. The number of amides is 1. The fourth-order valence-corrected chi connectivity index (χ4v) is 5.60. The number of ether oxygens (including phenoxy) is 1. The molecule has 0 aliphatic carbocycles. The summed E-state index contributed by atoms with van der Waals surface area (Å²) in [6, 6.07) is 13.7. The quantitative estimate of drug-likeness (QED) is 0.346. The lowest BCUT2D eigenvalue weighted by atomic mass is 10.1. The Morgan fingerprint density at radius 2 is 1.92 bits per heavy atom. The predicted molar refractivity (Wildman–Crippen MR) is 143 cm³/mol. The third kappa shape index (κ3) is 4.65. The van der Waals surface area contributed by atoms with Crippen LogP contribution in [0.4, 0.5) is 5.69 Å². The highest BCUT2D eigenvalue weighted by Crippen LogP contribution is 2.38. The molecule has 2 aromatic carbocycles. The monoisotopic (exact) mass is 519 g/mol. The van der Waals surface area contributed by atoms with Crippen LogP contribution >= 0.6 is 11.6 Å². The molecule has 4 heterocycles. The van der Waals surface area contributed by atoms with Crippen molar-refractivity contribution in [2.75, 3.05) is 31.2 Å². The van der Waals surface area contributed by atoms with Crippen molar-refractivity contribution in [2.45, 2.75) is 45.3 Å². The van der Waals surface area contributed by atoms with E-state index in [0.29, 0.717) is 23.9 Å². The summed E-state index contributed by atoms with van der Waals surface area (Å²) in [4.78, 5) is 22.6. The number of hydrogen-bond acceptors (Lipinski definition) is 6. The molecule has 0 radical (unpaired) electrons. The second-order valence-corrected chi connectivity index (χ2v) is 10.3. The average Bonchev–Trinajstić information content (AvgIpc) is 3.62. The highest BCUT2D eigenvalue weighted by molar-refractivity contribution is 6.30. The van der Waals surface area contributed by atoms with E-state index >= 15 is 0 Å². The molecular weight excluding hydrogens is 490 g/mol. The zero-order valence-electron chi connectivity index (χ0n) is 21.1. The van der Waals surface area contributed by atoms with Crippen LogP contribution in [-0.4, -0.2) is 57.9 Å². The van der Waals surface area contributed by atoms with E-state index in [1.54, 1.807) is 0 Å². The molecule has 6 rings (SSSR count). The van der Waals surface area contributed by atoms with E-state index in [-0.39, 0.29) is 11.9 Å². The second-order valence-electron chi connectivity index (χ2n) is 9.91. The Kier molecular flexibility index (Phi) is 6.48. The van der Waals surface area contributed by atoms with E-state index in [2.05, 4.69) is 33.8 Å². The summed E-state index contributed by atoms with van der Waals surface area (Å²) in [5.74, 6) is 1.00. The Labute approximate surface area is 220 Å². The lowest BCUT2D eigenvalue weighted by molar-refractivity contribution is -0.117. The van der Waals surface area contributed by atoms with Gasteiger partial charge in [-0.15, -0.1) is 0 Å². The van der Waals surface area contributed by atoms with Gasteiger partial charge in [-0.25, -0.2) is 4.98 Å². The van der Waals surface area contributed by atoms with E-state index in [9.17, 15) is 4.79 Å². The van der Waals surface area contributed by atoms with Gasteiger partial charge in [0.15, 0.2) is 5.58 Å². The Morgan fingerprint density at radius 3 is 2.70 bits per heavy atom. The van der Waals surface area contributed by atoms with Crippen molar-refractivity contribution in [2.24, 2.45) is 0 Å². The van der Waals surface area contributed by atoms with Crippen LogP contribution in [0.25, 0.3) is 22.2 Å². The van der Waals surface area contributed by atoms with Crippen LogP contribution in [0.3, 0.4) is 0 Å². The molecule has 2 fully saturated rings. The number of halogens is 1. The Hall–Kier alpha value is -3.20. The first-order chi connectivity index (χ1) is 18.0. The molecule has 2 aromatic heterocycles. The standard InChI is InChI=1S/C28H30ClN5O3/c1-18(32-11-13-36-14-12-32)16-33-17-24(20-3-9-26-23(15-20)19(2)31-37-26)30-28(33)25-8-10-27(35)34(25)22-6-4-21(29)5-7-22/h3-7,9,15,17-18,25H,8,10-14,16H2,1-2H3/t18-,25-/m0/s1. The Morgan fingerprint density at radius 1 is 1.14 bits per heavy atom. The van der Waals surface area contributed by atoms with Crippen molar-refractivity contribution < 1.29 is 14.1 Å². The molecule has 1 amide bonds. The highest BCUT2D eigenvalue weighted by atomic mass is 35.5. The van der Waals surface area contributed by atoms with Gasteiger partial charge in [0.2, 0.25) is 5.91 Å². The van der Waals surface area contributed by atoms with Crippen molar-refractivity contribution >= 4 is 34.2 Å². The molecule has 2 aliphatic heterocycles. The number of aromatic nitrogens is 3. The molecule has 2 aliphatic rings. The summed E-state index contributed by atoms with van der Waals surface area (Å²) in [6.45, 7) is 8.31. The molecular formula is C28H30ClN5O3. The first-order valence-electron chi connectivity index (χ1n) is 12.8. The zero-order chi connectivity index (χ0) is 25.5. The molecule has 0 saturated carbocycles. The third-order valence-electron chi connectivity index (χ3n) is 7.50. The second kappa shape index (κ2) is 9.93. The number of hydrogen-bond donors (Lipinski definition) is 0. The average molecular weight is 520 g/mol. The van der Waals surface area contributed by atoms with Crippen LogP contribution < -0.4 is 4.90 Å². The normalized spacial score (nSPS) is 19.7. The minimum Gasteiger partial charge on any atom is -0.379 e. The van der Waals surface area contributed by atoms with E-state index in [0.717, 1.165) is 72.3 Å². The predicted octanol–water partition coefficient (Wildman–Crippen LogP) is 5.24. The van der Waals surface area contributed by atoms with Crippen LogP contribution in [0.5, 0.6) is 0 Å². The largest absolute Gasteiger partial charge is 0.379 e. The molecule has 9 heteroatoms. The topological polar surface area (TPSA) is 76.6 Å². The van der Waals surface area contributed by atoms with Gasteiger partial charge in [0.1, 0.15) is 5.82 Å². The summed E-state index contributed by atoms with van der Waals surface area (Å²) < 4.78 is 13.2. The number of carbonyl (C=O) groups is 1. The Bertz CT molecular complexity index is 1420. The van der Waals surface area contributed by atoms with Crippen molar-refractivity contribution in [1.82, 2.24) is 19.6 Å². The number of anilines is 1. The van der Waals surface area contributed by atoms with Crippen molar-refractivity contribution in [3.63, 3.8) is 0 Å². The number of rotatable bonds is 6. The van der Waals surface area contributed by atoms with Crippen molar-refractivity contribution in [3.05, 3.63) is 65.2 Å². The molecule has 4 aromatic rings. The van der Waals surface area contributed by atoms with E-state index in [1.165, 1.54) is 0 Å². The fourth-order valence-electron chi connectivity index (χ4n) is 5.47. The van der Waals surface area contributed by atoms with Crippen molar-refractivity contribution in [1.29, 1.82) is 0 Å². The Balaban J connectivity index is 1.40. The van der Waals surface area contributed by atoms with Crippen LogP contribution in [0, 0.1) is 6.92 Å². The van der Waals surface area contributed by atoms with Gasteiger partial charge in [-0.05, 0) is 62.7 Å². The minimum atomic E-state index is -0.152.